The van der Waals surface area contributed by atoms with Crippen LogP contribution in [0.1, 0.15) is 29.8 Å². The predicted molar refractivity (Wildman–Crippen MR) is 64.7 cm³/mol. The molecular weight excluding hydrogens is 283 g/mol. The first-order valence-corrected chi connectivity index (χ1v) is 7.39. The van der Waals surface area contributed by atoms with Crippen molar-refractivity contribution in [1.29, 1.82) is 0 Å². The smallest absolute Gasteiger partial charge is 0.338 e. The van der Waals surface area contributed by atoms with Gasteiger partial charge in [0.1, 0.15) is 10.7 Å². The highest BCUT2D eigenvalue weighted by Gasteiger charge is 2.22. The molecule has 18 heavy (non-hydrogen) atoms. The zero-order valence-corrected chi connectivity index (χ0v) is 11.6. The topological polar surface area (TPSA) is 60.4 Å². The van der Waals surface area contributed by atoms with Crippen molar-refractivity contribution in [2.45, 2.75) is 31.8 Å². The van der Waals surface area contributed by atoms with Gasteiger partial charge in [-0.1, -0.05) is 0 Å². The Kier molecular flexibility index (Phi) is 4.34. The van der Waals surface area contributed by atoms with Gasteiger partial charge in [0, 0.05) is 10.7 Å². The first kappa shape index (κ1) is 14.9. The lowest BCUT2D eigenvalue weighted by Gasteiger charge is -2.10. The highest BCUT2D eigenvalue weighted by atomic mass is 35.7. The maximum absolute atomic E-state index is 13.6. The SMILES string of the molecule is Cc1cc(C(=O)OC(C)C)cc(S(=O)(=O)Cl)c1F. The Morgan fingerprint density at radius 3 is 2.39 bits per heavy atom. The number of carbonyl (C=O) groups excluding carboxylic acids is 1. The molecule has 0 bridgehead atoms. The Morgan fingerprint density at radius 1 is 1.39 bits per heavy atom. The van der Waals surface area contributed by atoms with Gasteiger partial charge in [0.2, 0.25) is 0 Å². The van der Waals surface area contributed by atoms with Crippen molar-refractivity contribution in [2.75, 3.05) is 0 Å². The second-order valence-corrected chi connectivity index (χ2v) is 6.53. The number of halogens is 2. The quantitative estimate of drug-likeness (QED) is 0.635. The van der Waals surface area contributed by atoms with E-state index in [1.54, 1.807) is 13.8 Å². The number of ether oxygens (including phenoxy) is 1. The third kappa shape index (κ3) is 3.43. The Bertz CT molecular complexity index is 581. The summed E-state index contributed by atoms with van der Waals surface area (Å²) in [6.45, 7) is 4.63. The number of esters is 1. The zero-order valence-electron chi connectivity index (χ0n) is 10.0. The minimum Gasteiger partial charge on any atom is -0.459 e. The molecular formula is C11H12ClFO4S. The summed E-state index contributed by atoms with van der Waals surface area (Å²) in [5.41, 5.74) is -0.0470. The molecule has 0 saturated heterocycles. The summed E-state index contributed by atoms with van der Waals surface area (Å²) in [5.74, 6) is -1.69. The van der Waals surface area contributed by atoms with E-state index in [4.69, 9.17) is 15.4 Å². The van der Waals surface area contributed by atoms with Gasteiger partial charge in [0.05, 0.1) is 11.7 Å². The molecule has 100 valence electrons. The standard InChI is InChI=1S/C11H12ClFO4S/c1-6(2)17-11(14)8-4-7(3)10(13)9(5-8)18(12,15)16/h4-6H,1-3H3. The van der Waals surface area contributed by atoms with Gasteiger partial charge in [0.25, 0.3) is 9.05 Å². The van der Waals surface area contributed by atoms with Crippen LogP contribution in [0.15, 0.2) is 17.0 Å². The van der Waals surface area contributed by atoms with Gasteiger partial charge < -0.3 is 4.74 Å². The summed E-state index contributed by atoms with van der Waals surface area (Å²) in [7, 11) is 0.847. The zero-order chi connectivity index (χ0) is 14.1. The molecule has 1 aromatic carbocycles. The highest BCUT2D eigenvalue weighted by Crippen LogP contribution is 2.24. The Hall–Kier alpha value is -1.14. The van der Waals surface area contributed by atoms with Crippen molar-refractivity contribution in [3.63, 3.8) is 0 Å². The van der Waals surface area contributed by atoms with E-state index in [1.165, 1.54) is 13.0 Å². The molecule has 0 unspecified atom stereocenters. The van der Waals surface area contributed by atoms with Crippen LogP contribution in [0, 0.1) is 12.7 Å². The van der Waals surface area contributed by atoms with E-state index < -0.39 is 25.7 Å². The van der Waals surface area contributed by atoms with Crippen molar-refractivity contribution in [3.05, 3.63) is 29.1 Å². The molecule has 0 saturated carbocycles. The summed E-state index contributed by atoms with van der Waals surface area (Å²) in [4.78, 5) is 10.9. The summed E-state index contributed by atoms with van der Waals surface area (Å²) in [6.07, 6.45) is -0.362. The third-order valence-corrected chi connectivity index (χ3v) is 3.38. The van der Waals surface area contributed by atoms with Crippen molar-refractivity contribution < 1.29 is 22.3 Å². The van der Waals surface area contributed by atoms with E-state index in [0.29, 0.717) is 0 Å². The average Bonchev–Trinajstić information content (AvgIpc) is 2.18. The van der Waals surface area contributed by atoms with Crippen molar-refractivity contribution in [3.8, 4) is 0 Å². The Labute approximate surface area is 109 Å². The fraction of sp³-hybridized carbons (Fsp3) is 0.364. The van der Waals surface area contributed by atoms with Crippen molar-refractivity contribution in [2.24, 2.45) is 0 Å². The van der Waals surface area contributed by atoms with E-state index in [0.717, 1.165) is 6.07 Å². The van der Waals surface area contributed by atoms with Crippen LogP contribution in [0.5, 0.6) is 0 Å². The molecule has 0 N–H and O–H groups in total. The molecule has 0 aliphatic heterocycles. The van der Waals surface area contributed by atoms with Gasteiger partial charge in [-0.3, -0.25) is 0 Å². The molecule has 7 heteroatoms. The van der Waals surface area contributed by atoms with E-state index >= 15 is 0 Å². The molecule has 0 aliphatic rings. The van der Waals surface area contributed by atoms with Crippen LogP contribution in [-0.2, 0) is 13.8 Å². The van der Waals surface area contributed by atoms with E-state index in [2.05, 4.69) is 0 Å². The summed E-state index contributed by atoms with van der Waals surface area (Å²) >= 11 is 0. The molecule has 0 spiro atoms. The van der Waals surface area contributed by atoms with Crippen LogP contribution in [0.3, 0.4) is 0 Å². The lowest BCUT2D eigenvalue weighted by molar-refractivity contribution is 0.0377. The molecule has 0 heterocycles. The number of hydrogen-bond acceptors (Lipinski definition) is 4. The summed E-state index contributed by atoms with van der Waals surface area (Å²) in [6, 6.07) is 2.08. The molecule has 0 amide bonds. The number of carbonyl (C=O) groups is 1. The van der Waals surface area contributed by atoms with Crippen LogP contribution in [0.2, 0.25) is 0 Å². The number of benzene rings is 1. The molecule has 0 fully saturated rings. The largest absolute Gasteiger partial charge is 0.459 e. The molecule has 1 aromatic rings. The van der Waals surface area contributed by atoms with Crippen LogP contribution >= 0.6 is 10.7 Å². The van der Waals surface area contributed by atoms with E-state index in [1.807, 2.05) is 0 Å². The first-order chi connectivity index (χ1) is 8.12. The lowest BCUT2D eigenvalue weighted by Crippen LogP contribution is -2.13. The van der Waals surface area contributed by atoms with Gasteiger partial charge in [-0.15, -0.1) is 0 Å². The van der Waals surface area contributed by atoms with Gasteiger partial charge >= 0.3 is 5.97 Å². The molecule has 0 aromatic heterocycles. The summed E-state index contributed by atoms with van der Waals surface area (Å²) < 4.78 is 40.8. The Balaban J connectivity index is 3.34. The van der Waals surface area contributed by atoms with Gasteiger partial charge in [-0.25, -0.2) is 17.6 Å². The molecule has 0 radical (unpaired) electrons. The maximum atomic E-state index is 13.6. The van der Waals surface area contributed by atoms with Crippen molar-refractivity contribution >= 4 is 25.7 Å². The molecule has 0 atom stereocenters. The second kappa shape index (κ2) is 5.24. The summed E-state index contributed by atoms with van der Waals surface area (Å²) in [5, 5.41) is 0. The third-order valence-electron chi connectivity index (χ3n) is 2.06. The van der Waals surface area contributed by atoms with E-state index in [9.17, 15) is 17.6 Å². The fourth-order valence-corrected chi connectivity index (χ4v) is 2.29. The average molecular weight is 295 g/mol. The monoisotopic (exact) mass is 294 g/mol. The number of aryl methyl sites for hydroxylation is 1. The minimum absolute atomic E-state index is 0.00688. The molecule has 4 nitrogen and oxygen atoms in total. The normalized spacial score (nSPS) is 11.7. The first-order valence-electron chi connectivity index (χ1n) is 5.08. The molecule has 1 rings (SSSR count). The lowest BCUT2D eigenvalue weighted by atomic mass is 10.1. The maximum Gasteiger partial charge on any atom is 0.338 e. The number of hydrogen-bond donors (Lipinski definition) is 0. The Morgan fingerprint density at radius 2 is 1.94 bits per heavy atom. The van der Waals surface area contributed by atoms with Crippen LogP contribution in [-0.4, -0.2) is 20.5 Å². The number of rotatable bonds is 3. The molecule has 0 aliphatic carbocycles. The van der Waals surface area contributed by atoms with Crippen LogP contribution < -0.4 is 0 Å². The van der Waals surface area contributed by atoms with Gasteiger partial charge in [-0.2, -0.15) is 0 Å². The van der Waals surface area contributed by atoms with E-state index in [-0.39, 0.29) is 17.2 Å². The van der Waals surface area contributed by atoms with Crippen molar-refractivity contribution in [1.82, 2.24) is 0 Å². The second-order valence-electron chi connectivity index (χ2n) is 4.00. The fourth-order valence-electron chi connectivity index (χ4n) is 1.31. The van der Waals surface area contributed by atoms with Crippen LogP contribution in [0.25, 0.3) is 0 Å². The predicted octanol–water partition coefficient (Wildman–Crippen LogP) is 2.63. The van der Waals surface area contributed by atoms with Gasteiger partial charge in [0.15, 0.2) is 0 Å². The highest BCUT2D eigenvalue weighted by molar-refractivity contribution is 8.13. The van der Waals surface area contributed by atoms with Gasteiger partial charge in [-0.05, 0) is 38.5 Å². The van der Waals surface area contributed by atoms with Crippen LogP contribution in [0.4, 0.5) is 4.39 Å². The minimum atomic E-state index is -4.25.